The Balaban J connectivity index is 1.71. The Hall–Kier alpha value is -0.275. The lowest BCUT2D eigenvalue weighted by molar-refractivity contribution is -0.0343. The first kappa shape index (κ1) is 15.3. The van der Waals surface area contributed by atoms with Crippen molar-refractivity contribution in [1.29, 1.82) is 0 Å². The molecule has 4 aliphatic rings. The quantitative estimate of drug-likeness (QED) is 0.671. The average Bonchev–Trinajstić information content (AvgIpc) is 2.77. The molecule has 3 saturated carbocycles. The van der Waals surface area contributed by atoms with E-state index in [1.54, 1.807) is 0 Å². The Morgan fingerprint density at radius 1 is 1.18 bits per heavy atom. The normalized spacial score (nSPS) is 54.3. The van der Waals surface area contributed by atoms with Crippen LogP contribution in [0.25, 0.3) is 0 Å². The van der Waals surface area contributed by atoms with Gasteiger partial charge in [-0.3, -0.25) is 0 Å². The van der Waals surface area contributed by atoms with Crippen molar-refractivity contribution in [2.75, 3.05) is 0 Å². The molecule has 0 radical (unpaired) electrons. The number of rotatable bonds is 0. The summed E-state index contributed by atoms with van der Waals surface area (Å²) < 4.78 is 0. The molecule has 4 rings (SSSR count). The summed E-state index contributed by atoms with van der Waals surface area (Å²) in [4.78, 5) is 0. The zero-order chi connectivity index (χ0) is 15.7. The predicted molar refractivity (Wildman–Crippen MR) is 92.4 cm³/mol. The molecule has 5 unspecified atom stereocenters. The third-order valence-corrected chi connectivity index (χ3v) is 8.49. The molecular formula is C19H32BNO. The van der Waals surface area contributed by atoms with Gasteiger partial charge in [-0.1, -0.05) is 32.3 Å². The molecule has 122 valence electrons. The van der Waals surface area contributed by atoms with Gasteiger partial charge in [0, 0.05) is 5.54 Å². The van der Waals surface area contributed by atoms with Crippen LogP contribution in [0.4, 0.5) is 0 Å². The molecule has 0 aromatic rings. The van der Waals surface area contributed by atoms with Gasteiger partial charge in [-0.15, -0.1) is 0 Å². The van der Waals surface area contributed by atoms with Crippen molar-refractivity contribution in [2.24, 2.45) is 40.7 Å². The number of hydrogen-bond donors (Lipinski definition) is 2. The maximum Gasteiger partial charge on any atom is 0.316 e. The summed E-state index contributed by atoms with van der Waals surface area (Å²) in [6.45, 7) is 7.14. The van der Waals surface area contributed by atoms with Crippen LogP contribution in [0, 0.1) is 35.0 Å². The van der Waals surface area contributed by atoms with E-state index < -0.39 is 0 Å². The summed E-state index contributed by atoms with van der Waals surface area (Å²) in [5.41, 5.74) is 8.89. The average molecular weight is 301 g/mol. The van der Waals surface area contributed by atoms with Gasteiger partial charge < -0.3 is 10.8 Å². The largest absolute Gasteiger partial charge is 0.447 e. The fourth-order valence-electron chi connectivity index (χ4n) is 7.05. The smallest absolute Gasteiger partial charge is 0.316 e. The van der Waals surface area contributed by atoms with Crippen LogP contribution in [0.15, 0.2) is 11.5 Å². The van der Waals surface area contributed by atoms with Crippen molar-refractivity contribution in [3.8, 4) is 0 Å². The highest BCUT2D eigenvalue weighted by molar-refractivity contribution is 6.56. The second-order valence-electron chi connectivity index (χ2n) is 9.30. The minimum absolute atomic E-state index is 0.116. The van der Waals surface area contributed by atoms with Gasteiger partial charge in [-0.25, -0.2) is 0 Å². The van der Waals surface area contributed by atoms with Crippen LogP contribution in [-0.4, -0.2) is 17.5 Å². The van der Waals surface area contributed by atoms with Gasteiger partial charge in [0.1, 0.15) is 0 Å². The Morgan fingerprint density at radius 2 is 1.95 bits per heavy atom. The molecule has 0 aromatic carbocycles. The van der Waals surface area contributed by atoms with Crippen LogP contribution in [-0.2, 0) is 0 Å². The summed E-state index contributed by atoms with van der Waals surface area (Å²) in [7, 11) is 0. The highest BCUT2D eigenvalue weighted by atomic mass is 16.2. The molecule has 1 heterocycles. The summed E-state index contributed by atoms with van der Waals surface area (Å²) in [6.07, 6.45) is 8.65. The van der Waals surface area contributed by atoms with Crippen molar-refractivity contribution in [3.05, 3.63) is 11.5 Å². The molecule has 7 atom stereocenters. The first-order valence-corrected chi connectivity index (χ1v) is 9.55. The number of nitrogens with two attached hydrogens (primary N) is 1. The van der Waals surface area contributed by atoms with Crippen molar-refractivity contribution in [3.63, 3.8) is 0 Å². The van der Waals surface area contributed by atoms with Crippen LogP contribution in [0.2, 0.25) is 6.32 Å². The van der Waals surface area contributed by atoms with Crippen molar-refractivity contribution >= 4 is 6.92 Å². The third kappa shape index (κ3) is 1.88. The number of hydrogen-bond acceptors (Lipinski definition) is 2. The summed E-state index contributed by atoms with van der Waals surface area (Å²) >= 11 is 0. The molecule has 0 spiro atoms. The molecule has 1 aliphatic heterocycles. The second kappa shape index (κ2) is 4.86. The molecule has 3 fully saturated rings. The van der Waals surface area contributed by atoms with Crippen LogP contribution in [0.1, 0.15) is 59.3 Å². The van der Waals surface area contributed by atoms with E-state index in [0.717, 1.165) is 30.5 Å². The predicted octanol–water partition coefficient (Wildman–Crippen LogP) is 3.66. The SMILES string of the molecule is CC1CCC2C3C[C@H](C)C4=CB(O)CC[C@]4(N)C3CCC12C. The number of fused-ring (bicyclic) bond motifs is 5. The van der Waals surface area contributed by atoms with Gasteiger partial charge in [0.05, 0.1) is 0 Å². The van der Waals surface area contributed by atoms with Crippen LogP contribution >= 0.6 is 0 Å². The van der Waals surface area contributed by atoms with E-state index >= 15 is 0 Å². The fourth-order valence-corrected chi connectivity index (χ4v) is 7.05. The molecular weight excluding hydrogens is 269 g/mol. The zero-order valence-electron chi connectivity index (χ0n) is 14.5. The van der Waals surface area contributed by atoms with E-state index in [-0.39, 0.29) is 12.5 Å². The van der Waals surface area contributed by atoms with Gasteiger partial charge in [0.25, 0.3) is 0 Å². The summed E-state index contributed by atoms with van der Waals surface area (Å²) in [5, 5.41) is 10.1. The minimum atomic E-state index is -0.258. The molecule has 0 aromatic heterocycles. The molecule has 3 aliphatic carbocycles. The van der Waals surface area contributed by atoms with Crippen LogP contribution in [0.5, 0.6) is 0 Å². The maximum atomic E-state index is 10.1. The topological polar surface area (TPSA) is 46.2 Å². The standard InChI is InChI=1S/C19H32BNO/c1-12-10-14-15-5-4-13(2)18(15,3)7-6-16(14)19(21)8-9-20(22)11-17(12)19/h11-16,22H,4-10,21H2,1-3H3/t12-,13?,14?,15?,16?,18?,19-/m0/s1. The minimum Gasteiger partial charge on any atom is -0.447 e. The second-order valence-corrected chi connectivity index (χ2v) is 9.30. The third-order valence-electron chi connectivity index (χ3n) is 8.49. The highest BCUT2D eigenvalue weighted by Crippen LogP contribution is 2.64. The van der Waals surface area contributed by atoms with E-state index in [0.29, 0.717) is 17.3 Å². The zero-order valence-corrected chi connectivity index (χ0v) is 14.5. The lowest BCUT2D eigenvalue weighted by Gasteiger charge is -2.59. The van der Waals surface area contributed by atoms with Gasteiger partial charge in [0.2, 0.25) is 0 Å². The molecule has 2 nitrogen and oxygen atoms in total. The summed E-state index contributed by atoms with van der Waals surface area (Å²) in [5.74, 6) is 5.92. The molecule has 0 amide bonds. The van der Waals surface area contributed by atoms with Crippen LogP contribution < -0.4 is 5.73 Å². The molecule has 22 heavy (non-hydrogen) atoms. The van der Waals surface area contributed by atoms with E-state index in [1.165, 1.54) is 37.7 Å². The maximum absolute atomic E-state index is 10.1. The van der Waals surface area contributed by atoms with Gasteiger partial charge in [-0.2, -0.15) is 0 Å². The van der Waals surface area contributed by atoms with Gasteiger partial charge in [-0.05, 0) is 79.8 Å². The van der Waals surface area contributed by atoms with Crippen LogP contribution in [0.3, 0.4) is 0 Å². The summed E-state index contributed by atoms with van der Waals surface area (Å²) in [6, 6.07) is 0. The van der Waals surface area contributed by atoms with E-state index in [9.17, 15) is 5.02 Å². The lowest BCUT2D eigenvalue weighted by atomic mass is 9.43. The van der Waals surface area contributed by atoms with Gasteiger partial charge >= 0.3 is 6.92 Å². The Kier molecular flexibility index (Phi) is 3.37. The van der Waals surface area contributed by atoms with Crippen molar-refractivity contribution in [2.45, 2.75) is 71.2 Å². The van der Waals surface area contributed by atoms with E-state index in [2.05, 4.69) is 26.7 Å². The molecule has 0 bridgehead atoms. The first-order valence-electron chi connectivity index (χ1n) is 9.55. The van der Waals surface area contributed by atoms with Crippen molar-refractivity contribution in [1.82, 2.24) is 0 Å². The molecule has 3 heteroatoms. The Morgan fingerprint density at radius 3 is 2.73 bits per heavy atom. The molecule has 3 N–H and O–H groups in total. The molecule has 0 saturated heterocycles. The Bertz CT molecular complexity index is 506. The highest BCUT2D eigenvalue weighted by Gasteiger charge is 2.59. The van der Waals surface area contributed by atoms with Gasteiger partial charge in [0.15, 0.2) is 0 Å². The lowest BCUT2D eigenvalue weighted by Crippen LogP contribution is -2.62. The van der Waals surface area contributed by atoms with E-state index in [1.807, 2.05) is 0 Å². The van der Waals surface area contributed by atoms with Crippen molar-refractivity contribution < 1.29 is 5.02 Å². The first-order chi connectivity index (χ1) is 10.4. The Labute approximate surface area is 136 Å². The fraction of sp³-hybridized carbons (Fsp3) is 0.895. The monoisotopic (exact) mass is 301 g/mol. The van der Waals surface area contributed by atoms with E-state index in [4.69, 9.17) is 5.73 Å².